The van der Waals surface area contributed by atoms with Gasteiger partial charge in [0, 0.05) is 17.1 Å². The molecule has 0 saturated heterocycles. The summed E-state index contributed by atoms with van der Waals surface area (Å²) < 4.78 is 5.38. The van der Waals surface area contributed by atoms with E-state index in [4.69, 9.17) is 9.84 Å². The molecular formula is C18H22N2O4. The molecule has 24 heavy (non-hydrogen) atoms. The van der Waals surface area contributed by atoms with Gasteiger partial charge in [-0.3, -0.25) is 9.59 Å². The van der Waals surface area contributed by atoms with Crippen LogP contribution >= 0.6 is 0 Å². The first-order valence-corrected chi connectivity index (χ1v) is 8.19. The molecular weight excluding hydrogens is 308 g/mol. The molecule has 2 aromatic rings. The summed E-state index contributed by atoms with van der Waals surface area (Å²) in [6, 6.07) is 5.69. The molecule has 6 nitrogen and oxygen atoms in total. The highest BCUT2D eigenvalue weighted by molar-refractivity contribution is 5.93. The van der Waals surface area contributed by atoms with Crippen LogP contribution in [0.2, 0.25) is 0 Å². The first-order chi connectivity index (χ1) is 11.5. The molecule has 0 unspecified atom stereocenters. The number of aromatic nitrogens is 1. The number of rotatable bonds is 6. The van der Waals surface area contributed by atoms with Gasteiger partial charge in [-0.05, 0) is 30.5 Å². The number of benzene rings is 1. The van der Waals surface area contributed by atoms with Crippen molar-refractivity contribution in [1.82, 2.24) is 10.3 Å². The average molecular weight is 330 g/mol. The molecule has 6 heteroatoms. The molecule has 3 rings (SSSR count). The number of carbonyl (C=O) groups is 2. The Bertz CT molecular complexity index is 759. The zero-order valence-electron chi connectivity index (χ0n) is 13.7. The highest BCUT2D eigenvalue weighted by Gasteiger charge is 2.37. The molecule has 1 aromatic heterocycles. The Morgan fingerprint density at radius 3 is 2.75 bits per heavy atom. The van der Waals surface area contributed by atoms with E-state index in [1.165, 1.54) is 0 Å². The maximum Gasteiger partial charge on any atom is 0.305 e. The van der Waals surface area contributed by atoms with Crippen LogP contribution in [0.1, 0.15) is 37.7 Å². The number of carbonyl (C=O) groups excluding carboxylic acids is 1. The van der Waals surface area contributed by atoms with E-state index in [0.29, 0.717) is 0 Å². The van der Waals surface area contributed by atoms with Crippen molar-refractivity contribution in [2.24, 2.45) is 0 Å². The van der Waals surface area contributed by atoms with Gasteiger partial charge in [-0.2, -0.15) is 0 Å². The van der Waals surface area contributed by atoms with Gasteiger partial charge in [-0.25, -0.2) is 0 Å². The highest BCUT2D eigenvalue weighted by atomic mass is 16.5. The lowest BCUT2D eigenvalue weighted by molar-refractivity contribution is -0.139. The van der Waals surface area contributed by atoms with E-state index < -0.39 is 11.5 Å². The largest absolute Gasteiger partial charge is 0.496 e. The quantitative estimate of drug-likeness (QED) is 0.759. The molecule has 0 aliphatic heterocycles. The predicted molar refractivity (Wildman–Crippen MR) is 90.1 cm³/mol. The van der Waals surface area contributed by atoms with Crippen molar-refractivity contribution in [3.05, 3.63) is 30.0 Å². The number of hydrogen-bond acceptors (Lipinski definition) is 3. The molecule has 1 aliphatic rings. The number of carboxylic acid groups (broad SMARTS) is 1. The molecule has 0 radical (unpaired) electrons. The van der Waals surface area contributed by atoms with Crippen molar-refractivity contribution < 1.29 is 19.4 Å². The Kier molecular flexibility index (Phi) is 4.46. The van der Waals surface area contributed by atoms with Crippen molar-refractivity contribution >= 4 is 22.8 Å². The van der Waals surface area contributed by atoms with Crippen LogP contribution in [0.5, 0.6) is 5.75 Å². The number of fused-ring (bicyclic) bond motifs is 1. The lowest BCUT2D eigenvalue weighted by Gasteiger charge is -2.28. The summed E-state index contributed by atoms with van der Waals surface area (Å²) in [4.78, 5) is 26.8. The summed E-state index contributed by atoms with van der Waals surface area (Å²) in [6.45, 7) is 0. The van der Waals surface area contributed by atoms with Gasteiger partial charge in [0.1, 0.15) is 5.75 Å². The number of hydrogen-bond donors (Lipinski definition) is 3. The molecule has 3 N–H and O–H groups in total. The first-order valence-electron chi connectivity index (χ1n) is 8.19. The van der Waals surface area contributed by atoms with Crippen LogP contribution in [0.25, 0.3) is 10.9 Å². The van der Waals surface area contributed by atoms with Gasteiger partial charge in [-0.1, -0.05) is 18.9 Å². The summed E-state index contributed by atoms with van der Waals surface area (Å²) >= 11 is 0. The molecule has 1 heterocycles. The van der Waals surface area contributed by atoms with Crippen molar-refractivity contribution in [2.45, 2.75) is 44.1 Å². The van der Waals surface area contributed by atoms with E-state index in [0.717, 1.165) is 47.9 Å². The topological polar surface area (TPSA) is 91.4 Å². The fraction of sp³-hybridized carbons (Fsp3) is 0.444. The van der Waals surface area contributed by atoms with Crippen LogP contribution in [0.4, 0.5) is 0 Å². The molecule has 1 aromatic carbocycles. The number of nitrogens with one attached hydrogen (secondary N) is 2. The van der Waals surface area contributed by atoms with Gasteiger partial charge in [0.2, 0.25) is 5.91 Å². The van der Waals surface area contributed by atoms with Crippen LogP contribution in [-0.2, 0) is 16.0 Å². The zero-order chi connectivity index (χ0) is 17.2. The lowest BCUT2D eigenvalue weighted by atomic mass is 9.92. The maximum atomic E-state index is 12.5. The van der Waals surface area contributed by atoms with Gasteiger partial charge in [0.05, 0.1) is 25.5 Å². The average Bonchev–Trinajstić information content (AvgIpc) is 3.14. The Labute approximate surface area is 140 Å². The van der Waals surface area contributed by atoms with Crippen LogP contribution in [0.15, 0.2) is 24.4 Å². The van der Waals surface area contributed by atoms with Crippen molar-refractivity contribution in [2.75, 3.05) is 7.11 Å². The number of carboxylic acids is 1. The normalized spacial score (nSPS) is 16.2. The third-order valence-corrected chi connectivity index (χ3v) is 4.78. The fourth-order valence-corrected chi connectivity index (χ4v) is 3.73. The smallest absolute Gasteiger partial charge is 0.305 e. The Morgan fingerprint density at radius 1 is 1.33 bits per heavy atom. The zero-order valence-corrected chi connectivity index (χ0v) is 13.7. The lowest BCUT2D eigenvalue weighted by Crippen LogP contribution is -2.48. The summed E-state index contributed by atoms with van der Waals surface area (Å²) in [5.41, 5.74) is 1.17. The second-order valence-corrected chi connectivity index (χ2v) is 6.48. The van der Waals surface area contributed by atoms with Gasteiger partial charge >= 0.3 is 5.97 Å². The number of ether oxygens (including phenoxy) is 1. The number of aliphatic carboxylic acids is 1. The van der Waals surface area contributed by atoms with E-state index in [1.807, 2.05) is 24.4 Å². The summed E-state index contributed by atoms with van der Waals surface area (Å²) in [5.74, 6) is -0.298. The fourth-order valence-electron chi connectivity index (χ4n) is 3.73. The minimum absolute atomic E-state index is 0.0179. The number of H-pyrrole nitrogens is 1. The van der Waals surface area contributed by atoms with E-state index in [-0.39, 0.29) is 18.7 Å². The van der Waals surface area contributed by atoms with Crippen molar-refractivity contribution in [3.8, 4) is 5.75 Å². The van der Waals surface area contributed by atoms with E-state index in [9.17, 15) is 9.59 Å². The van der Waals surface area contributed by atoms with E-state index in [2.05, 4.69) is 10.3 Å². The van der Waals surface area contributed by atoms with Gasteiger partial charge < -0.3 is 20.1 Å². The Balaban J connectivity index is 1.78. The summed E-state index contributed by atoms with van der Waals surface area (Å²) in [5, 5.41) is 13.0. The van der Waals surface area contributed by atoms with Crippen LogP contribution in [-0.4, -0.2) is 34.6 Å². The first kappa shape index (κ1) is 16.4. The summed E-state index contributed by atoms with van der Waals surface area (Å²) in [7, 11) is 1.60. The molecule has 0 bridgehead atoms. The van der Waals surface area contributed by atoms with Gasteiger partial charge in [0.25, 0.3) is 0 Å². The Hall–Kier alpha value is -2.50. The SMILES string of the molecule is COc1cccc2[nH]cc(CC(=O)NC3(CC(=O)O)CCCC3)c12. The van der Waals surface area contributed by atoms with Crippen molar-refractivity contribution in [1.29, 1.82) is 0 Å². The highest BCUT2D eigenvalue weighted by Crippen LogP contribution is 2.33. The van der Waals surface area contributed by atoms with Crippen molar-refractivity contribution in [3.63, 3.8) is 0 Å². The molecule has 1 aliphatic carbocycles. The minimum Gasteiger partial charge on any atom is -0.496 e. The van der Waals surface area contributed by atoms with Crippen LogP contribution in [0.3, 0.4) is 0 Å². The monoisotopic (exact) mass is 330 g/mol. The van der Waals surface area contributed by atoms with Gasteiger partial charge in [0.15, 0.2) is 0 Å². The molecule has 1 saturated carbocycles. The van der Waals surface area contributed by atoms with Gasteiger partial charge in [-0.15, -0.1) is 0 Å². The van der Waals surface area contributed by atoms with Crippen LogP contribution < -0.4 is 10.1 Å². The maximum absolute atomic E-state index is 12.5. The molecule has 0 spiro atoms. The molecule has 0 atom stereocenters. The number of aromatic amines is 1. The molecule has 1 amide bonds. The standard InChI is InChI=1S/C18H22N2O4/c1-24-14-6-4-5-13-17(14)12(11-19-13)9-15(21)20-18(10-16(22)23)7-2-3-8-18/h4-6,11,19H,2-3,7-10H2,1H3,(H,20,21)(H,22,23). The second kappa shape index (κ2) is 6.55. The third kappa shape index (κ3) is 3.22. The van der Waals surface area contributed by atoms with E-state index >= 15 is 0 Å². The third-order valence-electron chi connectivity index (χ3n) is 4.78. The molecule has 128 valence electrons. The number of amides is 1. The minimum atomic E-state index is -0.869. The van der Waals surface area contributed by atoms with E-state index in [1.54, 1.807) is 7.11 Å². The number of methoxy groups -OCH3 is 1. The second-order valence-electron chi connectivity index (χ2n) is 6.48. The predicted octanol–water partition coefficient (Wildman–Crippen LogP) is 2.62. The molecule has 1 fully saturated rings. The Morgan fingerprint density at radius 2 is 2.08 bits per heavy atom. The summed E-state index contributed by atoms with van der Waals surface area (Å²) in [6.07, 6.45) is 5.34. The van der Waals surface area contributed by atoms with Crippen LogP contribution in [0, 0.1) is 0 Å².